The van der Waals surface area contributed by atoms with E-state index in [0.717, 1.165) is 51.4 Å². The molecule has 0 amide bonds. The highest BCUT2D eigenvalue weighted by Gasteiger charge is 2.64. The summed E-state index contributed by atoms with van der Waals surface area (Å²) in [5.41, 5.74) is -0.837. The summed E-state index contributed by atoms with van der Waals surface area (Å²) >= 11 is 0. The van der Waals surface area contributed by atoms with Crippen molar-refractivity contribution in [2.45, 2.75) is 155 Å². The number of hydrogen-bond acceptors (Lipinski definition) is 7. The first-order valence-corrected chi connectivity index (χ1v) is 17.3. The molecule has 44 heavy (non-hydrogen) atoms. The maximum Gasteiger partial charge on any atom is 0.306 e. The topological polar surface area (TPSA) is 147 Å². The van der Waals surface area contributed by atoms with Crippen molar-refractivity contribution >= 4 is 23.9 Å². The molecule has 0 radical (unpaired) electrons. The van der Waals surface area contributed by atoms with Crippen LogP contribution in [-0.2, 0) is 28.7 Å². The van der Waals surface area contributed by atoms with Gasteiger partial charge in [0.1, 0.15) is 12.2 Å². The smallest absolute Gasteiger partial charge is 0.306 e. The minimum atomic E-state index is -1.04. The Hall–Kier alpha value is -2.16. The fourth-order valence-corrected chi connectivity index (χ4v) is 10.5. The predicted octanol–water partition coefficient (Wildman–Crippen LogP) is 6.53. The third-order valence-corrected chi connectivity index (χ3v) is 12.6. The Kier molecular flexibility index (Phi) is 11.1. The van der Waals surface area contributed by atoms with Gasteiger partial charge in [0.25, 0.3) is 0 Å². The van der Waals surface area contributed by atoms with Crippen LogP contribution in [0.1, 0.15) is 137 Å². The highest BCUT2D eigenvalue weighted by atomic mass is 16.6. The molecule has 0 saturated heterocycles. The zero-order valence-corrected chi connectivity index (χ0v) is 27.4. The van der Waals surface area contributed by atoms with Gasteiger partial charge in [-0.1, -0.05) is 46.5 Å². The number of carboxylic acids is 2. The van der Waals surface area contributed by atoms with Crippen molar-refractivity contribution in [3.05, 3.63) is 0 Å². The molecular weight excluding hydrogens is 564 g/mol. The van der Waals surface area contributed by atoms with E-state index in [0.29, 0.717) is 37.0 Å². The monoisotopic (exact) mass is 620 g/mol. The quantitative estimate of drug-likeness (QED) is 0.146. The van der Waals surface area contributed by atoms with E-state index in [2.05, 4.69) is 20.8 Å². The SMILES string of the molecule is CCCCCC[C@](C)(O)[C@H]1CC[C@H]2[C@@H]3C[C@H](OC(=O)CCC(=O)O)[C@H]4C[C@@H](OC(=O)CCC(=O)O)CC[C@]4(C)[C@H]3CC[C@@]21C. The summed E-state index contributed by atoms with van der Waals surface area (Å²) in [5, 5.41) is 29.9. The van der Waals surface area contributed by atoms with E-state index < -0.39 is 35.6 Å². The Morgan fingerprint density at radius 3 is 2.00 bits per heavy atom. The zero-order valence-electron chi connectivity index (χ0n) is 27.4. The van der Waals surface area contributed by atoms with Crippen molar-refractivity contribution in [2.75, 3.05) is 0 Å². The number of carbonyl (C=O) groups is 4. The van der Waals surface area contributed by atoms with Gasteiger partial charge >= 0.3 is 23.9 Å². The highest BCUT2D eigenvalue weighted by molar-refractivity contribution is 5.77. The summed E-state index contributed by atoms with van der Waals surface area (Å²) in [6.45, 7) is 8.95. The van der Waals surface area contributed by atoms with E-state index in [1.807, 2.05) is 6.92 Å². The first-order valence-electron chi connectivity index (χ1n) is 17.3. The molecule has 4 aliphatic carbocycles. The summed E-state index contributed by atoms with van der Waals surface area (Å²) in [7, 11) is 0. The number of carboxylic acid groups (broad SMARTS) is 2. The number of carbonyl (C=O) groups excluding carboxylic acids is 2. The summed E-state index contributed by atoms with van der Waals surface area (Å²) in [4.78, 5) is 47.4. The van der Waals surface area contributed by atoms with Gasteiger partial charge in [-0.25, -0.2) is 0 Å². The number of aliphatic hydroxyl groups is 1. The first-order chi connectivity index (χ1) is 20.7. The van der Waals surface area contributed by atoms with Gasteiger partial charge in [0.05, 0.1) is 31.3 Å². The fourth-order valence-electron chi connectivity index (χ4n) is 10.5. The number of fused-ring (bicyclic) bond motifs is 5. The summed E-state index contributed by atoms with van der Waals surface area (Å²) < 4.78 is 11.9. The van der Waals surface area contributed by atoms with Crippen molar-refractivity contribution in [3.63, 3.8) is 0 Å². The first kappa shape index (κ1) is 34.7. The van der Waals surface area contributed by atoms with Crippen LogP contribution in [0.15, 0.2) is 0 Å². The second-order valence-electron chi connectivity index (χ2n) is 15.3. The molecule has 4 saturated carbocycles. The molecule has 0 aromatic rings. The lowest BCUT2D eigenvalue weighted by molar-refractivity contribution is -0.201. The minimum absolute atomic E-state index is 0.00730. The van der Waals surface area contributed by atoms with Gasteiger partial charge in [0.2, 0.25) is 0 Å². The Labute approximate surface area is 262 Å². The molecule has 4 aliphatic rings. The van der Waals surface area contributed by atoms with E-state index in [1.165, 1.54) is 12.8 Å². The standard InChI is InChI=1S/C35H56O9/c1-5-6-7-8-17-35(4,42)28-10-9-24-23-21-27(44-32(41)14-12-30(38)39)26-20-22(43-31(40)13-11-29(36)37)15-18-33(26,2)25(23)16-19-34(24,28)3/h22-28,42H,5-21H2,1-4H3,(H,36,37)(H,38,39)/t22-,23-,24-,25-,26+,27-,28-,33+,34-,35-/m0/s1. The van der Waals surface area contributed by atoms with Crippen LogP contribution >= 0.6 is 0 Å². The van der Waals surface area contributed by atoms with Crippen molar-refractivity contribution in [1.29, 1.82) is 0 Å². The Balaban J connectivity index is 1.54. The Bertz CT molecular complexity index is 1050. The van der Waals surface area contributed by atoms with Gasteiger partial charge in [-0.2, -0.15) is 0 Å². The number of hydrogen-bond donors (Lipinski definition) is 3. The number of aliphatic carboxylic acids is 2. The second-order valence-corrected chi connectivity index (χ2v) is 15.3. The molecule has 0 heterocycles. The molecule has 4 fully saturated rings. The van der Waals surface area contributed by atoms with E-state index in [4.69, 9.17) is 19.7 Å². The minimum Gasteiger partial charge on any atom is -0.481 e. The lowest BCUT2D eigenvalue weighted by atomic mass is 9.43. The lowest BCUT2D eigenvalue weighted by Gasteiger charge is -2.63. The molecule has 250 valence electrons. The van der Waals surface area contributed by atoms with Gasteiger partial charge in [0.15, 0.2) is 0 Å². The van der Waals surface area contributed by atoms with E-state index in [9.17, 15) is 24.3 Å². The van der Waals surface area contributed by atoms with Gasteiger partial charge in [0, 0.05) is 5.92 Å². The molecular formula is C35H56O9. The maximum absolute atomic E-state index is 12.9. The molecule has 0 aliphatic heterocycles. The maximum atomic E-state index is 12.9. The van der Waals surface area contributed by atoms with Crippen LogP contribution in [0.2, 0.25) is 0 Å². The van der Waals surface area contributed by atoms with Crippen LogP contribution in [0.3, 0.4) is 0 Å². The van der Waals surface area contributed by atoms with Crippen LogP contribution in [0.25, 0.3) is 0 Å². The molecule has 9 nitrogen and oxygen atoms in total. The van der Waals surface area contributed by atoms with Crippen molar-refractivity contribution in [3.8, 4) is 0 Å². The lowest BCUT2D eigenvalue weighted by Crippen LogP contribution is -2.60. The molecule has 10 atom stereocenters. The molecule has 0 aromatic heterocycles. The molecule has 3 N–H and O–H groups in total. The normalized spacial score (nSPS) is 37.5. The van der Waals surface area contributed by atoms with E-state index in [-0.39, 0.29) is 54.5 Å². The molecule has 0 aromatic carbocycles. The second kappa shape index (κ2) is 14.1. The van der Waals surface area contributed by atoms with Crippen LogP contribution < -0.4 is 0 Å². The van der Waals surface area contributed by atoms with Crippen molar-refractivity contribution in [1.82, 2.24) is 0 Å². The predicted molar refractivity (Wildman–Crippen MR) is 163 cm³/mol. The highest BCUT2D eigenvalue weighted by Crippen LogP contribution is 2.69. The van der Waals surface area contributed by atoms with Gasteiger partial charge < -0.3 is 24.8 Å². The van der Waals surface area contributed by atoms with Crippen LogP contribution in [0.5, 0.6) is 0 Å². The summed E-state index contributed by atoms with van der Waals surface area (Å²) in [5.74, 6) is -1.73. The number of esters is 2. The molecule has 0 spiro atoms. The molecule has 0 bridgehead atoms. The molecule has 0 unspecified atom stereocenters. The Morgan fingerprint density at radius 1 is 0.750 bits per heavy atom. The summed E-state index contributed by atoms with van der Waals surface area (Å²) in [6, 6.07) is 0. The third kappa shape index (κ3) is 7.45. The number of rotatable bonds is 14. The third-order valence-electron chi connectivity index (χ3n) is 12.6. The zero-order chi connectivity index (χ0) is 32.3. The Morgan fingerprint density at radius 2 is 1.36 bits per heavy atom. The van der Waals surface area contributed by atoms with E-state index in [1.54, 1.807) is 0 Å². The average molecular weight is 621 g/mol. The van der Waals surface area contributed by atoms with Crippen LogP contribution in [0.4, 0.5) is 0 Å². The van der Waals surface area contributed by atoms with Crippen molar-refractivity contribution in [2.24, 2.45) is 40.4 Å². The van der Waals surface area contributed by atoms with Crippen molar-refractivity contribution < 1.29 is 44.0 Å². The molecule has 9 heteroatoms. The van der Waals surface area contributed by atoms with Crippen LogP contribution in [0, 0.1) is 40.4 Å². The van der Waals surface area contributed by atoms with Gasteiger partial charge in [-0.3, -0.25) is 19.2 Å². The van der Waals surface area contributed by atoms with E-state index >= 15 is 0 Å². The van der Waals surface area contributed by atoms with Gasteiger partial charge in [-0.05, 0) is 99.2 Å². The summed E-state index contributed by atoms with van der Waals surface area (Å²) in [6.07, 6.45) is 10.6. The van der Waals surface area contributed by atoms with Crippen LogP contribution in [-0.4, -0.2) is 57.0 Å². The average Bonchev–Trinajstić information content (AvgIpc) is 3.32. The fraction of sp³-hybridized carbons (Fsp3) is 0.886. The molecule has 4 rings (SSSR count). The number of ether oxygens (including phenoxy) is 2. The van der Waals surface area contributed by atoms with Gasteiger partial charge in [-0.15, -0.1) is 0 Å². The largest absolute Gasteiger partial charge is 0.481 e. The number of unbranched alkanes of at least 4 members (excludes halogenated alkanes) is 3.